The molecule has 0 fully saturated rings. The number of aromatic amines is 1. The Morgan fingerprint density at radius 3 is 2.16 bits per heavy atom. The molecule has 6 N–H and O–H groups in total. The van der Waals surface area contributed by atoms with E-state index in [2.05, 4.69) is 25.9 Å². The Hall–Kier alpha value is -5.31. The average Bonchev–Trinajstić information content (AvgIpc) is 3.35. The number of hydrogen-bond acceptors (Lipinski definition) is 5. The molecule has 0 saturated heterocycles. The number of aromatic nitrogens is 2. The molecule has 0 radical (unpaired) electrons. The van der Waals surface area contributed by atoms with E-state index in [0.29, 0.717) is 34.1 Å². The molecule has 9 nitrogen and oxygen atoms in total. The van der Waals surface area contributed by atoms with Gasteiger partial charge in [-0.25, -0.2) is 9.78 Å². The van der Waals surface area contributed by atoms with Gasteiger partial charge in [0.15, 0.2) is 0 Å². The molecule has 0 unspecified atom stereocenters. The minimum absolute atomic E-state index is 0.294. The third kappa shape index (κ3) is 5.35. The first-order chi connectivity index (χ1) is 18.0. The van der Waals surface area contributed by atoms with Gasteiger partial charge < -0.3 is 31.4 Å². The predicted molar refractivity (Wildman–Crippen MR) is 145 cm³/mol. The van der Waals surface area contributed by atoms with E-state index in [1.807, 2.05) is 48.5 Å². The molecule has 5 aromatic rings. The van der Waals surface area contributed by atoms with Gasteiger partial charge in [0, 0.05) is 29.7 Å². The highest BCUT2D eigenvalue weighted by molar-refractivity contribution is 6.00. The zero-order chi connectivity index (χ0) is 25.8. The van der Waals surface area contributed by atoms with Gasteiger partial charge in [0.25, 0.3) is 5.91 Å². The van der Waals surface area contributed by atoms with Gasteiger partial charge in [-0.1, -0.05) is 12.1 Å². The Morgan fingerprint density at radius 2 is 1.49 bits per heavy atom. The number of benzene rings is 4. The van der Waals surface area contributed by atoms with Crippen LogP contribution in [0.15, 0.2) is 91.0 Å². The standard InChI is InChI=1S/C28H24N6O3/c1-30-27(35)22-16-21(14-15-23(22)29)37-20-12-10-19(11-13-20)32-28(36)31-18-8-6-17(7-9-18)26-33-24-4-2-3-5-25(24)34-26/h2-16H,29H2,1H3,(H,30,35)(H,33,34)(H2,31,32,36). The Kier molecular flexibility index (Phi) is 6.41. The van der Waals surface area contributed by atoms with Gasteiger partial charge in [-0.3, -0.25) is 4.79 Å². The first-order valence-corrected chi connectivity index (χ1v) is 11.5. The number of amides is 3. The van der Waals surface area contributed by atoms with Gasteiger partial charge in [0.2, 0.25) is 0 Å². The van der Waals surface area contributed by atoms with Crippen molar-refractivity contribution >= 4 is 40.0 Å². The van der Waals surface area contributed by atoms with Crippen LogP contribution in [0.5, 0.6) is 11.5 Å². The molecule has 0 atom stereocenters. The number of urea groups is 1. The molecule has 0 saturated carbocycles. The summed E-state index contributed by atoms with van der Waals surface area (Å²) in [7, 11) is 1.54. The second-order valence-corrected chi connectivity index (χ2v) is 8.21. The van der Waals surface area contributed by atoms with Crippen molar-refractivity contribution in [2.75, 3.05) is 23.4 Å². The molecule has 3 amide bonds. The van der Waals surface area contributed by atoms with E-state index < -0.39 is 0 Å². The first-order valence-electron chi connectivity index (χ1n) is 11.5. The lowest BCUT2D eigenvalue weighted by Gasteiger charge is -2.11. The lowest BCUT2D eigenvalue weighted by atomic mass is 10.1. The third-order valence-electron chi connectivity index (χ3n) is 5.65. The minimum atomic E-state index is -0.376. The summed E-state index contributed by atoms with van der Waals surface area (Å²) in [6, 6.07) is 26.6. The quantitative estimate of drug-likeness (QED) is 0.197. The Morgan fingerprint density at radius 1 is 0.838 bits per heavy atom. The molecule has 0 aliphatic rings. The highest BCUT2D eigenvalue weighted by Gasteiger charge is 2.11. The Bertz CT molecular complexity index is 1540. The highest BCUT2D eigenvalue weighted by Crippen LogP contribution is 2.27. The second-order valence-electron chi connectivity index (χ2n) is 8.21. The summed E-state index contributed by atoms with van der Waals surface area (Å²) >= 11 is 0. The van der Waals surface area contributed by atoms with Crippen molar-refractivity contribution in [3.05, 3.63) is 96.6 Å². The SMILES string of the molecule is CNC(=O)c1cc(Oc2ccc(NC(=O)Nc3ccc(-c4nc5ccccc5[nH]4)cc3)cc2)ccc1N. The molecule has 5 rings (SSSR count). The number of carbonyl (C=O) groups is 2. The van der Waals surface area contributed by atoms with E-state index in [0.717, 1.165) is 22.4 Å². The van der Waals surface area contributed by atoms with E-state index >= 15 is 0 Å². The predicted octanol–water partition coefficient (Wildman–Crippen LogP) is 5.61. The average molecular weight is 493 g/mol. The third-order valence-corrected chi connectivity index (χ3v) is 5.65. The van der Waals surface area contributed by atoms with E-state index in [1.54, 1.807) is 42.5 Å². The molecule has 1 heterocycles. The zero-order valence-corrected chi connectivity index (χ0v) is 19.9. The number of rotatable bonds is 6. The summed E-state index contributed by atoms with van der Waals surface area (Å²) < 4.78 is 5.82. The number of imidazole rings is 1. The van der Waals surface area contributed by atoms with Gasteiger partial charge in [0.1, 0.15) is 17.3 Å². The number of para-hydroxylation sites is 2. The van der Waals surface area contributed by atoms with Gasteiger partial charge >= 0.3 is 6.03 Å². The summed E-state index contributed by atoms with van der Waals surface area (Å²) in [5, 5.41) is 8.15. The number of anilines is 3. The van der Waals surface area contributed by atoms with Crippen LogP contribution in [-0.4, -0.2) is 29.0 Å². The Labute approximate surface area is 212 Å². The van der Waals surface area contributed by atoms with Crippen molar-refractivity contribution in [1.82, 2.24) is 15.3 Å². The number of carbonyl (C=O) groups excluding carboxylic acids is 2. The largest absolute Gasteiger partial charge is 0.457 e. The normalized spacial score (nSPS) is 10.6. The van der Waals surface area contributed by atoms with Crippen molar-refractivity contribution < 1.29 is 14.3 Å². The number of nitrogens with one attached hydrogen (secondary N) is 4. The molecular weight excluding hydrogens is 468 g/mol. The van der Waals surface area contributed by atoms with Crippen LogP contribution in [0, 0.1) is 0 Å². The molecule has 0 spiro atoms. The summed E-state index contributed by atoms with van der Waals surface area (Å²) in [5.41, 5.74) is 10.6. The smallest absolute Gasteiger partial charge is 0.323 e. The zero-order valence-electron chi connectivity index (χ0n) is 19.9. The van der Waals surface area contributed by atoms with Crippen molar-refractivity contribution in [2.24, 2.45) is 0 Å². The highest BCUT2D eigenvalue weighted by atomic mass is 16.5. The van der Waals surface area contributed by atoms with E-state index in [-0.39, 0.29) is 11.9 Å². The monoisotopic (exact) mass is 492 g/mol. The maximum Gasteiger partial charge on any atom is 0.323 e. The number of hydrogen-bond donors (Lipinski definition) is 5. The van der Waals surface area contributed by atoms with E-state index in [4.69, 9.17) is 10.5 Å². The van der Waals surface area contributed by atoms with Crippen LogP contribution in [0.3, 0.4) is 0 Å². The molecule has 37 heavy (non-hydrogen) atoms. The summed E-state index contributed by atoms with van der Waals surface area (Å²) in [6.07, 6.45) is 0. The number of H-pyrrole nitrogens is 1. The fourth-order valence-electron chi connectivity index (χ4n) is 3.77. The van der Waals surface area contributed by atoms with E-state index in [9.17, 15) is 9.59 Å². The molecule has 1 aromatic heterocycles. The van der Waals surface area contributed by atoms with Crippen molar-refractivity contribution in [1.29, 1.82) is 0 Å². The van der Waals surface area contributed by atoms with Crippen molar-refractivity contribution in [2.45, 2.75) is 0 Å². The minimum Gasteiger partial charge on any atom is -0.457 e. The van der Waals surface area contributed by atoms with Gasteiger partial charge in [-0.05, 0) is 78.9 Å². The summed E-state index contributed by atoms with van der Waals surface area (Å²) in [5.74, 6) is 1.48. The van der Waals surface area contributed by atoms with Crippen molar-refractivity contribution in [3.63, 3.8) is 0 Å². The van der Waals surface area contributed by atoms with Gasteiger partial charge in [0.05, 0.1) is 16.6 Å². The van der Waals surface area contributed by atoms with Gasteiger partial charge in [-0.2, -0.15) is 0 Å². The summed E-state index contributed by atoms with van der Waals surface area (Å²) in [4.78, 5) is 32.3. The van der Waals surface area contributed by atoms with Crippen molar-refractivity contribution in [3.8, 4) is 22.9 Å². The first kappa shape index (κ1) is 23.4. The van der Waals surface area contributed by atoms with Crippen LogP contribution in [0.25, 0.3) is 22.4 Å². The molecule has 9 heteroatoms. The molecule has 4 aromatic carbocycles. The molecule has 0 bridgehead atoms. The molecular formula is C28H24N6O3. The molecule has 0 aliphatic carbocycles. The fraction of sp³-hybridized carbons (Fsp3) is 0.0357. The van der Waals surface area contributed by atoms with Crippen LogP contribution in [0.1, 0.15) is 10.4 Å². The van der Waals surface area contributed by atoms with E-state index in [1.165, 1.54) is 7.05 Å². The maximum absolute atomic E-state index is 12.5. The topological polar surface area (TPSA) is 134 Å². The van der Waals surface area contributed by atoms with Gasteiger partial charge in [-0.15, -0.1) is 0 Å². The number of fused-ring (bicyclic) bond motifs is 1. The lowest BCUT2D eigenvalue weighted by molar-refractivity contribution is 0.0963. The maximum atomic E-state index is 12.5. The van der Waals surface area contributed by atoms with Crippen LogP contribution in [-0.2, 0) is 0 Å². The van der Waals surface area contributed by atoms with Crippen LogP contribution < -0.4 is 26.4 Å². The second kappa shape index (κ2) is 10.1. The van der Waals surface area contributed by atoms with Crippen LogP contribution >= 0.6 is 0 Å². The number of ether oxygens (including phenoxy) is 1. The Balaban J connectivity index is 1.18. The number of nitrogen functional groups attached to an aromatic ring is 1. The molecule has 0 aliphatic heterocycles. The molecule has 184 valence electrons. The summed E-state index contributed by atoms with van der Waals surface area (Å²) in [6.45, 7) is 0. The lowest BCUT2D eigenvalue weighted by Crippen LogP contribution is -2.19. The fourth-order valence-corrected chi connectivity index (χ4v) is 3.77. The number of nitrogens with zero attached hydrogens (tertiary/aromatic N) is 1. The number of nitrogens with two attached hydrogens (primary N) is 1. The van der Waals surface area contributed by atoms with Crippen LogP contribution in [0.4, 0.5) is 21.9 Å². The van der Waals surface area contributed by atoms with Crippen LogP contribution in [0.2, 0.25) is 0 Å².